The number of nitrogens with one attached hydrogen (secondary N) is 1. The summed E-state index contributed by atoms with van der Waals surface area (Å²) < 4.78 is 0. The topological polar surface area (TPSA) is 69.6 Å². The minimum absolute atomic E-state index is 0.0214. The maximum absolute atomic E-state index is 12.4. The Morgan fingerprint density at radius 3 is 2.65 bits per heavy atom. The van der Waals surface area contributed by atoms with E-state index in [9.17, 15) is 14.7 Å². The smallest absolute Gasteiger partial charge is 0.242 e. The van der Waals surface area contributed by atoms with Crippen LogP contribution in [0.5, 0.6) is 0 Å². The Morgan fingerprint density at radius 2 is 2.04 bits per heavy atom. The van der Waals surface area contributed by atoms with Gasteiger partial charge in [0.1, 0.15) is 6.04 Å². The van der Waals surface area contributed by atoms with E-state index >= 15 is 0 Å². The van der Waals surface area contributed by atoms with Gasteiger partial charge in [0.25, 0.3) is 0 Å². The molecule has 1 aliphatic heterocycles. The van der Waals surface area contributed by atoms with Gasteiger partial charge in [-0.25, -0.2) is 0 Å². The van der Waals surface area contributed by atoms with Gasteiger partial charge >= 0.3 is 0 Å². The first-order chi connectivity index (χ1) is 11.0. The van der Waals surface area contributed by atoms with Crippen molar-refractivity contribution in [2.75, 3.05) is 6.54 Å². The molecule has 124 valence electrons. The zero-order chi connectivity index (χ0) is 16.4. The Bertz CT molecular complexity index is 593. The van der Waals surface area contributed by atoms with Gasteiger partial charge in [0.2, 0.25) is 11.8 Å². The molecule has 1 aromatic carbocycles. The summed E-state index contributed by atoms with van der Waals surface area (Å²) in [7, 11) is 0. The number of amides is 2. The summed E-state index contributed by atoms with van der Waals surface area (Å²) in [6.07, 6.45) is 3.45. The molecule has 2 N–H and O–H groups in total. The fourth-order valence-electron chi connectivity index (χ4n) is 3.23. The minimum Gasteiger partial charge on any atom is -0.388 e. The van der Waals surface area contributed by atoms with Gasteiger partial charge in [-0.05, 0) is 38.2 Å². The second-order valence-corrected chi connectivity index (χ2v) is 6.86. The lowest BCUT2D eigenvalue weighted by Gasteiger charge is -2.37. The molecule has 0 aromatic heterocycles. The van der Waals surface area contributed by atoms with Gasteiger partial charge in [-0.3, -0.25) is 9.59 Å². The Balaban J connectivity index is 1.61. The van der Waals surface area contributed by atoms with E-state index in [1.807, 2.05) is 31.2 Å². The number of aryl methyl sites for hydroxylation is 1. The van der Waals surface area contributed by atoms with E-state index in [2.05, 4.69) is 5.32 Å². The highest BCUT2D eigenvalue weighted by Gasteiger charge is 2.38. The van der Waals surface area contributed by atoms with Crippen molar-refractivity contribution in [1.29, 1.82) is 0 Å². The monoisotopic (exact) mass is 316 g/mol. The summed E-state index contributed by atoms with van der Waals surface area (Å²) in [6, 6.07) is 7.58. The lowest BCUT2D eigenvalue weighted by atomic mass is 9.80. The molecule has 5 nitrogen and oxygen atoms in total. The van der Waals surface area contributed by atoms with E-state index < -0.39 is 11.6 Å². The third-order valence-electron chi connectivity index (χ3n) is 4.98. The predicted octanol–water partition coefficient (Wildman–Crippen LogP) is 1.52. The molecule has 2 aliphatic rings. The first-order valence-electron chi connectivity index (χ1n) is 8.32. The molecule has 3 rings (SSSR count). The number of carbonyl (C=O) groups excluding carboxylic acids is 2. The van der Waals surface area contributed by atoms with Crippen LogP contribution in [0, 0.1) is 6.92 Å². The SMILES string of the molecule is Cc1ccc(CN2C(=O)CCC2C(=O)NCC2(O)CCC2)cc1. The summed E-state index contributed by atoms with van der Waals surface area (Å²) in [5.74, 6) is -0.128. The number of hydrogen-bond donors (Lipinski definition) is 2. The van der Waals surface area contributed by atoms with Crippen LogP contribution < -0.4 is 5.32 Å². The molecule has 23 heavy (non-hydrogen) atoms. The highest BCUT2D eigenvalue weighted by Crippen LogP contribution is 2.31. The summed E-state index contributed by atoms with van der Waals surface area (Å²) in [5, 5.41) is 12.9. The normalized spacial score (nSPS) is 22.8. The highest BCUT2D eigenvalue weighted by molar-refractivity contribution is 5.90. The average Bonchev–Trinajstić information content (AvgIpc) is 2.86. The largest absolute Gasteiger partial charge is 0.388 e. The zero-order valence-electron chi connectivity index (χ0n) is 13.5. The Hall–Kier alpha value is -1.88. The van der Waals surface area contributed by atoms with Crippen molar-refractivity contribution in [2.45, 2.75) is 57.2 Å². The Morgan fingerprint density at radius 1 is 1.35 bits per heavy atom. The van der Waals surface area contributed by atoms with Crippen LogP contribution in [0.2, 0.25) is 0 Å². The second-order valence-electron chi connectivity index (χ2n) is 6.86. The van der Waals surface area contributed by atoms with Gasteiger partial charge in [0.05, 0.1) is 5.60 Å². The molecule has 1 aliphatic carbocycles. The van der Waals surface area contributed by atoms with Crippen LogP contribution in [0.4, 0.5) is 0 Å². The second kappa shape index (κ2) is 6.32. The molecule has 1 heterocycles. The number of nitrogens with zero attached hydrogens (tertiary/aromatic N) is 1. The van der Waals surface area contributed by atoms with Gasteiger partial charge in [-0.2, -0.15) is 0 Å². The molecular weight excluding hydrogens is 292 g/mol. The van der Waals surface area contributed by atoms with Crippen LogP contribution in [-0.2, 0) is 16.1 Å². The quantitative estimate of drug-likeness (QED) is 0.865. The van der Waals surface area contributed by atoms with E-state index in [-0.39, 0.29) is 18.4 Å². The van der Waals surface area contributed by atoms with Crippen LogP contribution >= 0.6 is 0 Å². The number of rotatable bonds is 5. The van der Waals surface area contributed by atoms with Crippen LogP contribution in [-0.4, -0.2) is 40.0 Å². The molecule has 1 saturated heterocycles. The third kappa shape index (κ3) is 3.55. The van der Waals surface area contributed by atoms with Crippen LogP contribution in [0.25, 0.3) is 0 Å². The number of benzene rings is 1. The fourth-order valence-corrected chi connectivity index (χ4v) is 3.23. The Labute approximate surface area is 136 Å². The zero-order valence-corrected chi connectivity index (χ0v) is 13.5. The van der Waals surface area contributed by atoms with Crippen LogP contribution in [0.3, 0.4) is 0 Å². The van der Waals surface area contributed by atoms with Gasteiger partial charge in [0, 0.05) is 19.5 Å². The van der Waals surface area contributed by atoms with Crippen molar-refractivity contribution >= 4 is 11.8 Å². The van der Waals surface area contributed by atoms with Crippen molar-refractivity contribution < 1.29 is 14.7 Å². The number of aliphatic hydroxyl groups is 1. The van der Waals surface area contributed by atoms with Crippen LogP contribution in [0.1, 0.15) is 43.2 Å². The molecule has 2 fully saturated rings. The summed E-state index contributed by atoms with van der Waals surface area (Å²) in [6.45, 7) is 2.77. The minimum atomic E-state index is -0.736. The van der Waals surface area contributed by atoms with Crippen molar-refractivity contribution in [3.05, 3.63) is 35.4 Å². The van der Waals surface area contributed by atoms with E-state index in [1.165, 1.54) is 5.56 Å². The average molecular weight is 316 g/mol. The van der Waals surface area contributed by atoms with E-state index in [0.717, 1.165) is 24.8 Å². The van der Waals surface area contributed by atoms with Gasteiger partial charge in [-0.1, -0.05) is 29.8 Å². The molecule has 2 amide bonds. The van der Waals surface area contributed by atoms with Crippen molar-refractivity contribution in [2.24, 2.45) is 0 Å². The number of carbonyl (C=O) groups is 2. The molecule has 1 saturated carbocycles. The highest BCUT2D eigenvalue weighted by atomic mass is 16.3. The summed E-state index contributed by atoms with van der Waals surface area (Å²) in [4.78, 5) is 26.2. The lowest BCUT2D eigenvalue weighted by Crippen LogP contribution is -2.52. The fraction of sp³-hybridized carbons (Fsp3) is 0.556. The Kier molecular flexibility index (Phi) is 4.39. The van der Waals surface area contributed by atoms with Crippen molar-refractivity contribution in [3.63, 3.8) is 0 Å². The molecule has 1 unspecified atom stereocenters. The molecule has 5 heteroatoms. The molecule has 1 aromatic rings. The van der Waals surface area contributed by atoms with E-state index in [1.54, 1.807) is 4.90 Å². The molecular formula is C18H24N2O3. The first-order valence-corrected chi connectivity index (χ1v) is 8.32. The lowest BCUT2D eigenvalue weighted by molar-refractivity contribution is -0.136. The molecule has 0 bridgehead atoms. The maximum atomic E-state index is 12.4. The van der Waals surface area contributed by atoms with E-state index in [0.29, 0.717) is 19.4 Å². The predicted molar refractivity (Wildman–Crippen MR) is 86.6 cm³/mol. The number of likely N-dealkylation sites (tertiary alicyclic amines) is 1. The standard InChI is InChI=1S/C18H24N2O3/c1-13-3-5-14(6-4-13)11-20-15(7-8-16(20)21)17(22)19-12-18(23)9-2-10-18/h3-6,15,23H,2,7-12H2,1H3,(H,19,22). The van der Waals surface area contributed by atoms with Gasteiger partial charge < -0.3 is 15.3 Å². The van der Waals surface area contributed by atoms with Crippen molar-refractivity contribution in [1.82, 2.24) is 10.2 Å². The number of hydrogen-bond acceptors (Lipinski definition) is 3. The molecule has 0 spiro atoms. The summed E-state index contributed by atoms with van der Waals surface area (Å²) >= 11 is 0. The van der Waals surface area contributed by atoms with E-state index in [4.69, 9.17) is 0 Å². The molecule has 1 atom stereocenters. The van der Waals surface area contributed by atoms with Gasteiger partial charge in [-0.15, -0.1) is 0 Å². The molecule has 0 radical (unpaired) electrons. The third-order valence-corrected chi connectivity index (χ3v) is 4.98. The maximum Gasteiger partial charge on any atom is 0.242 e. The van der Waals surface area contributed by atoms with Crippen LogP contribution in [0.15, 0.2) is 24.3 Å². The van der Waals surface area contributed by atoms with Crippen molar-refractivity contribution in [3.8, 4) is 0 Å². The first kappa shape index (κ1) is 16.0. The summed E-state index contributed by atoms with van der Waals surface area (Å²) in [5.41, 5.74) is 1.46. The van der Waals surface area contributed by atoms with Gasteiger partial charge in [0.15, 0.2) is 0 Å².